The predicted molar refractivity (Wildman–Crippen MR) is 102 cm³/mol. The van der Waals surface area contributed by atoms with Crippen LogP contribution in [0.2, 0.25) is 5.02 Å². The van der Waals surface area contributed by atoms with Crippen LogP contribution in [0.3, 0.4) is 0 Å². The number of carbonyl (C=O) groups excluding carboxylic acids is 1. The average Bonchev–Trinajstić information content (AvgIpc) is 3.23. The van der Waals surface area contributed by atoms with Crippen molar-refractivity contribution in [1.82, 2.24) is 19.7 Å². The number of nitrogens with zero attached hydrogens (tertiary/aromatic N) is 5. The van der Waals surface area contributed by atoms with Gasteiger partial charge in [-0.15, -0.1) is 10.2 Å². The second-order valence-corrected chi connectivity index (χ2v) is 8.03. The van der Waals surface area contributed by atoms with Crippen LogP contribution in [0.5, 0.6) is 0 Å². The molecule has 1 aromatic heterocycles. The van der Waals surface area contributed by atoms with Gasteiger partial charge in [-0.05, 0) is 38.0 Å². The molecule has 6 nitrogen and oxygen atoms in total. The highest BCUT2D eigenvalue weighted by Crippen LogP contribution is 2.31. The zero-order valence-electron chi connectivity index (χ0n) is 14.6. The van der Waals surface area contributed by atoms with Gasteiger partial charge in [0.1, 0.15) is 0 Å². The van der Waals surface area contributed by atoms with Gasteiger partial charge in [0.25, 0.3) is 0 Å². The first-order valence-electron chi connectivity index (χ1n) is 8.31. The van der Waals surface area contributed by atoms with E-state index in [4.69, 9.17) is 11.6 Å². The van der Waals surface area contributed by atoms with Crippen LogP contribution >= 0.6 is 23.4 Å². The van der Waals surface area contributed by atoms with Crippen molar-refractivity contribution in [3.8, 4) is 5.69 Å². The fourth-order valence-corrected chi connectivity index (χ4v) is 4.07. The molecule has 1 saturated heterocycles. The Balaban J connectivity index is 1.99. The van der Waals surface area contributed by atoms with Crippen LogP contribution in [0.15, 0.2) is 29.4 Å². The number of aromatic nitrogens is 3. The smallest absolute Gasteiger partial charge is 0.235 e. The minimum Gasteiger partial charge on any atom is -0.348 e. The zero-order valence-corrected chi connectivity index (χ0v) is 16.2. The molecule has 0 radical (unpaired) electrons. The zero-order chi connectivity index (χ0) is 18.0. The summed E-state index contributed by atoms with van der Waals surface area (Å²) in [7, 11) is 3.52. The number of carbonyl (C=O) groups is 1. The van der Waals surface area contributed by atoms with Gasteiger partial charge in [0, 0.05) is 32.2 Å². The van der Waals surface area contributed by atoms with Crippen LogP contribution in [0, 0.1) is 0 Å². The minimum atomic E-state index is -0.247. The van der Waals surface area contributed by atoms with Gasteiger partial charge in [0.05, 0.1) is 10.9 Å². The van der Waals surface area contributed by atoms with E-state index in [2.05, 4.69) is 15.1 Å². The highest BCUT2D eigenvalue weighted by Gasteiger charge is 2.25. The summed E-state index contributed by atoms with van der Waals surface area (Å²) in [6.45, 7) is 3.82. The number of hydrogen-bond donors (Lipinski definition) is 0. The Hall–Kier alpha value is -1.73. The Morgan fingerprint density at radius 2 is 2.00 bits per heavy atom. The fraction of sp³-hybridized carbons (Fsp3) is 0.471. The van der Waals surface area contributed by atoms with Gasteiger partial charge in [-0.1, -0.05) is 29.4 Å². The third kappa shape index (κ3) is 3.93. The Morgan fingerprint density at radius 1 is 1.28 bits per heavy atom. The van der Waals surface area contributed by atoms with Crippen LogP contribution in [-0.2, 0) is 4.79 Å². The van der Waals surface area contributed by atoms with Crippen LogP contribution in [0.4, 0.5) is 5.95 Å². The molecule has 0 spiro atoms. The van der Waals surface area contributed by atoms with Gasteiger partial charge < -0.3 is 9.80 Å². The van der Waals surface area contributed by atoms with Crippen molar-refractivity contribution in [3.05, 3.63) is 29.3 Å². The Morgan fingerprint density at radius 3 is 2.64 bits per heavy atom. The molecule has 1 aliphatic rings. The molecule has 0 aliphatic carbocycles. The molecular formula is C17H22ClN5OS. The number of thioether (sulfide) groups is 1. The average molecular weight is 380 g/mol. The largest absolute Gasteiger partial charge is 0.348 e. The first-order chi connectivity index (χ1) is 12.0. The summed E-state index contributed by atoms with van der Waals surface area (Å²) in [5.41, 5.74) is 0.909. The fourth-order valence-electron chi connectivity index (χ4n) is 2.87. The topological polar surface area (TPSA) is 54.3 Å². The lowest BCUT2D eigenvalue weighted by Crippen LogP contribution is -2.30. The van der Waals surface area contributed by atoms with Gasteiger partial charge in [-0.25, -0.2) is 0 Å². The Kier molecular flexibility index (Phi) is 5.54. The maximum Gasteiger partial charge on any atom is 0.235 e. The van der Waals surface area contributed by atoms with Crippen LogP contribution < -0.4 is 4.90 Å². The third-order valence-corrected chi connectivity index (χ3v) is 5.41. The maximum absolute atomic E-state index is 12.2. The molecule has 134 valence electrons. The van der Waals surface area contributed by atoms with E-state index in [0.29, 0.717) is 10.2 Å². The van der Waals surface area contributed by atoms with Crippen LogP contribution in [-0.4, -0.2) is 58.0 Å². The molecule has 1 fully saturated rings. The lowest BCUT2D eigenvalue weighted by Gasteiger charge is -2.20. The number of anilines is 1. The second kappa shape index (κ2) is 7.66. The molecule has 25 heavy (non-hydrogen) atoms. The van der Waals surface area contributed by atoms with Crippen molar-refractivity contribution in [1.29, 1.82) is 0 Å². The molecule has 8 heteroatoms. The summed E-state index contributed by atoms with van der Waals surface area (Å²) in [6, 6.07) is 7.63. The van der Waals surface area contributed by atoms with Crippen molar-refractivity contribution >= 4 is 35.2 Å². The second-order valence-electron chi connectivity index (χ2n) is 6.28. The molecule has 2 aromatic rings. The lowest BCUT2D eigenvalue weighted by atomic mass is 10.3. The molecule has 1 aliphatic heterocycles. The monoisotopic (exact) mass is 379 g/mol. The summed E-state index contributed by atoms with van der Waals surface area (Å²) in [6.07, 6.45) is 2.31. The van der Waals surface area contributed by atoms with Gasteiger partial charge in [0.15, 0.2) is 5.16 Å². The third-order valence-electron chi connectivity index (χ3n) is 4.14. The highest BCUT2D eigenvalue weighted by molar-refractivity contribution is 8.00. The number of benzene rings is 1. The lowest BCUT2D eigenvalue weighted by molar-refractivity contribution is -0.127. The maximum atomic E-state index is 12.2. The van der Waals surface area contributed by atoms with E-state index in [1.54, 1.807) is 19.0 Å². The van der Waals surface area contributed by atoms with Gasteiger partial charge >= 0.3 is 0 Å². The van der Waals surface area contributed by atoms with E-state index in [9.17, 15) is 4.79 Å². The molecule has 0 N–H and O–H groups in total. The van der Waals surface area contributed by atoms with Crippen molar-refractivity contribution < 1.29 is 4.79 Å². The quantitative estimate of drug-likeness (QED) is 0.747. The summed E-state index contributed by atoms with van der Waals surface area (Å²) in [4.78, 5) is 16.1. The molecule has 1 unspecified atom stereocenters. The number of amides is 1. The molecule has 2 heterocycles. The standard InChI is InChI=1S/C17H22ClN5OS/c1-12(15(24)21(2)3)25-17-20-19-16(22-9-4-5-10-22)23(17)14-8-6-7-13(18)11-14/h6-8,11-12H,4-5,9-10H2,1-3H3. The van der Waals surface area contributed by atoms with Crippen molar-refractivity contribution in [3.63, 3.8) is 0 Å². The van der Waals surface area contributed by atoms with Crippen molar-refractivity contribution in [2.24, 2.45) is 0 Å². The van der Waals surface area contributed by atoms with E-state index >= 15 is 0 Å². The summed E-state index contributed by atoms with van der Waals surface area (Å²) >= 11 is 7.60. The van der Waals surface area contributed by atoms with E-state index < -0.39 is 0 Å². The van der Waals surface area contributed by atoms with Crippen molar-refractivity contribution in [2.45, 2.75) is 30.2 Å². The molecule has 1 aromatic carbocycles. The van der Waals surface area contributed by atoms with Crippen LogP contribution in [0.1, 0.15) is 19.8 Å². The van der Waals surface area contributed by atoms with Gasteiger partial charge in [-0.3, -0.25) is 9.36 Å². The SMILES string of the molecule is CC(Sc1nnc(N2CCCC2)n1-c1cccc(Cl)c1)C(=O)N(C)C. The van der Waals surface area contributed by atoms with Crippen molar-refractivity contribution in [2.75, 3.05) is 32.1 Å². The molecular weight excluding hydrogens is 358 g/mol. The predicted octanol–water partition coefficient (Wildman–Crippen LogP) is 3.09. The van der Waals surface area contributed by atoms with Crippen LogP contribution in [0.25, 0.3) is 5.69 Å². The Labute approximate surface area is 157 Å². The highest BCUT2D eigenvalue weighted by atomic mass is 35.5. The summed E-state index contributed by atoms with van der Waals surface area (Å²) in [5, 5.41) is 9.89. The summed E-state index contributed by atoms with van der Waals surface area (Å²) < 4.78 is 2.00. The molecule has 1 amide bonds. The van der Waals surface area contributed by atoms with E-state index in [-0.39, 0.29) is 11.2 Å². The molecule has 0 bridgehead atoms. The summed E-state index contributed by atoms with van der Waals surface area (Å²) in [5.74, 6) is 0.861. The molecule has 3 rings (SSSR count). The van der Waals surface area contributed by atoms with E-state index in [1.165, 1.54) is 11.8 Å². The first kappa shape index (κ1) is 18.1. The number of hydrogen-bond acceptors (Lipinski definition) is 5. The first-order valence-corrected chi connectivity index (χ1v) is 9.57. The number of halogens is 1. The van der Waals surface area contributed by atoms with Gasteiger partial charge in [-0.2, -0.15) is 0 Å². The van der Waals surface area contributed by atoms with Gasteiger partial charge in [0.2, 0.25) is 11.9 Å². The van der Waals surface area contributed by atoms with E-state index in [1.807, 2.05) is 35.8 Å². The Bertz CT molecular complexity index is 757. The molecule has 0 saturated carbocycles. The number of rotatable bonds is 5. The normalized spacial score (nSPS) is 15.4. The minimum absolute atomic E-state index is 0.0494. The molecule has 1 atom stereocenters. The van der Waals surface area contributed by atoms with E-state index in [0.717, 1.165) is 37.6 Å².